The lowest BCUT2D eigenvalue weighted by Crippen LogP contribution is -2.25. The van der Waals surface area contributed by atoms with Crippen LogP contribution < -0.4 is 10.1 Å². The average molecular weight is 239 g/mol. The van der Waals surface area contributed by atoms with E-state index in [0.29, 0.717) is 11.8 Å². The summed E-state index contributed by atoms with van der Waals surface area (Å²) in [5.41, 5.74) is 0.946. The van der Waals surface area contributed by atoms with E-state index < -0.39 is 0 Å². The minimum atomic E-state index is -0.201. The van der Waals surface area contributed by atoms with Crippen LogP contribution in [0.25, 0.3) is 0 Å². The fourth-order valence-electron chi connectivity index (χ4n) is 1.99. The molecule has 0 radical (unpaired) electrons. The molecule has 1 rings (SSSR count). The molecule has 1 aromatic carbocycles. The zero-order valence-corrected chi connectivity index (χ0v) is 11.1. The molecule has 1 N–H and O–H groups in total. The SMILES string of the molecule is CNCC(Cc1cc(F)ccc1OC)C(C)C. The van der Waals surface area contributed by atoms with Crippen LogP contribution in [0.1, 0.15) is 19.4 Å². The van der Waals surface area contributed by atoms with Crippen LogP contribution in [0.5, 0.6) is 5.75 Å². The van der Waals surface area contributed by atoms with Gasteiger partial charge in [0.15, 0.2) is 0 Å². The predicted molar refractivity (Wildman–Crippen MR) is 68.9 cm³/mol. The zero-order chi connectivity index (χ0) is 12.8. The van der Waals surface area contributed by atoms with Gasteiger partial charge in [-0.05, 0) is 55.6 Å². The van der Waals surface area contributed by atoms with Crippen LogP contribution in [-0.4, -0.2) is 20.7 Å². The van der Waals surface area contributed by atoms with E-state index in [1.807, 2.05) is 7.05 Å². The zero-order valence-electron chi connectivity index (χ0n) is 11.1. The largest absolute Gasteiger partial charge is 0.496 e. The van der Waals surface area contributed by atoms with Crippen LogP contribution in [0.15, 0.2) is 18.2 Å². The normalized spacial score (nSPS) is 12.8. The lowest BCUT2D eigenvalue weighted by Gasteiger charge is -2.21. The Kier molecular flexibility index (Phi) is 5.42. The van der Waals surface area contributed by atoms with Crippen molar-refractivity contribution in [2.24, 2.45) is 11.8 Å². The van der Waals surface area contributed by atoms with Crippen molar-refractivity contribution >= 4 is 0 Å². The van der Waals surface area contributed by atoms with Crippen molar-refractivity contribution in [2.45, 2.75) is 20.3 Å². The molecule has 1 aromatic rings. The van der Waals surface area contributed by atoms with Crippen LogP contribution in [0.3, 0.4) is 0 Å². The lowest BCUT2D eigenvalue weighted by atomic mass is 9.89. The molecule has 0 bridgehead atoms. The van der Waals surface area contributed by atoms with Crippen LogP contribution in [0.4, 0.5) is 4.39 Å². The van der Waals surface area contributed by atoms with Gasteiger partial charge in [0.25, 0.3) is 0 Å². The van der Waals surface area contributed by atoms with Crippen molar-refractivity contribution in [1.29, 1.82) is 0 Å². The molecule has 0 aromatic heterocycles. The lowest BCUT2D eigenvalue weighted by molar-refractivity contribution is 0.357. The smallest absolute Gasteiger partial charge is 0.123 e. The van der Waals surface area contributed by atoms with Gasteiger partial charge in [-0.1, -0.05) is 13.8 Å². The minimum Gasteiger partial charge on any atom is -0.496 e. The Morgan fingerprint density at radius 1 is 1.35 bits per heavy atom. The molecule has 0 aliphatic heterocycles. The van der Waals surface area contributed by atoms with Gasteiger partial charge in [-0.15, -0.1) is 0 Å². The standard InChI is InChI=1S/C14H22FNO/c1-10(2)12(9-16-3)7-11-8-13(15)5-6-14(11)17-4/h5-6,8,10,12,16H,7,9H2,1-4H3. The maximum atomic E-state index is 13.2. The molecule has 0 saturated carbocycles. The summed E-state index contributed by atoms with van der Waals surface area (Å²) in [7, 11) is 3.57. The summed E-state index contributed by atoms with van der Waals surface area (Å²) >= 11 is 0. The van der Waals surface area contributed by atoms with Gasteiger partial charge in [-0.3, -0.25) is 0 Å². The highest BCUT2D eigenvalue weighted by molar-refractivity contribution is 5.34. The highest BCUT2D eigenvalue weighted by atomic mass is 19.1. The Morgan fingerprint density at radius 3 is 2.59 bits per heavy atom. The van der Waals surface area contributed by atoms with Crippen LogP contribution in [-0.2, 0) is 6.42 Å². The first-order chi connectivity index (χ1) is 8.08. The van der Waals surface area contributed by atoms with E-state index in [4.69, 9.17) is 4.74 Å². The van der Waals surface area contributed by atoms with Crippen molar-refractivity contribution in [3.05, 3.63) is 29.6 Å². The number of halogens is 1. The highest BCUT2D eigenvalue weighted by Crippen LogP contribution is 2.25. The highest BCUT2D eigenvalue weighted by Gasteiger charge is 2.16. The van der Waals surface area contributed by atoms with E-state index in [-0.39, 0.29) is 5.82 Å². The summed E-state index contributed by atoms with van der Waals surface area (Å²) in [6, 6.07) is 4.70. The second-order valence-corrected chi connectivity index (χ2v) is 4.72. The van der Waals surface area contributed by atoms with E-state index in [2.05, 4.69) is 19.2 Å². The molecule has 0 spiro atoms. The maximum Gasteiger partial charge on any atom is 0.123 e. The number of methoxy groups -OCH3 is 1. The van der Waals surface area contributed by atoms with Gasteiger partial charge in [0.1, 0.15) is 11.6 Å². The summed E-state index contributed by atoms with van der Waals surface area (Å²) in [4.78, 5) is 0. The Hall–Kier alpha value is -1.09. The first-order valence-corrected chi connectivity index (χ1v) is 6.05. The van der Waals surface area contributed by atoms with Crippen molar-refractivity contribution in [3.63, 3.8) is 0 Å². The number of hydrogen-bond acceptors (Lipinski definition) is 2. The number of hydrogen-bond donors (Lipinski definition) is 1. The Bertz CT molecular complexity index is 352. The molecule has 3 heteroatoms. The monoisotopic (exact) mass is 239 g/mol. The van der Waals surface area contributed by atoms with Crippen molar-refractivity contribution < 1.29 is 9.13 Å². The topological polar surface area (TPSA) is 21.3 Å². The summed E-state index contributed by atoms with van der Waals surface area (Å²) in [5.74, 6) is 1.60. The van der Waals surface area contributed by atoms with Crippen LogP contribution >= 0.6 is 0 Å². The summed E-state index contributed by atoms with van der Waals surface area (Å²) in [5, 5.41) is 3.19. The third kappa shape index (κ3) is 4.00. The Morgan fingerprint density at radius 2 is 2.06 bits per heavy atom. The third-order valence-corrected chi connectivity index (χ3v) is 3.13. The Balaban J connectivity index is 2.87. The van der Waals surface area contributed by atoms with Crippen molar-refractivity contribution in [2.75, 3.05) is 20.7 Å². The number of rotatable bonds is 6. The molecule has 0 aliphatic rings. The molecule has 0 saturated heterocycles. The molecule has 0 fully saturated rings. The van der Waals surface area contributed by atoms with E-state index in [1.165, 1.54) is 6.07 Å². The fraction of sp³-hybridized carbons (Fsp3) is 0.571. The number of benzene rings is 1. The van der Waals surface area contributed by atoms with Crippen LogP contribution in [0.2, 0.25) is 0 Å². The fourth-order valence-corrected chi connectivity index (χ4v) is 1.99. The van der Waals surface area contributed by atoms with E-state index >= 15 is 0 Å². The molecule has 0 aliphatic carbocycles. The van der Waals surface area contributed by atoms with Crippen LogP contribution in [0, 0.1) is 17.7 Å². The molecule has 1 unspecified atom stereocenters. The van der Waals surface area contributed by atoms with E-state index in [9.17, 15) is 4.39 Å². The van der Waals surface area contributed by atoms with Gasteiger partial charge in [0, 0.05) is 0 Å². The first kappa shape index (κ1) is 14.0. The average Bonchev–Trinajstić information content (AvgIpc) is 2.28. The van der Waals surface area contributed by atoms with Crippen molar-refractivity contribution in [1.82, 2.24) is 5.32 Å². The molecule has 96 valence electrons. The second kappa shape index (κ2) is 6.60. The molecular weight excluding hydrogens is 217 g/mol. The first-order valence-electron chi connectivity index (χ1n) is 6.05. The minimum absolute atomic E-state index is 0.201. The summed E-state index contributed by atoms with van der Waals surface area (Å²) < 4.78 is 18.5. The van der Waals surface area contributed by atoms with E-state index in [0.717, 1.165) is 24.3 Å². The van der Waals surface area contributed by atoms with Gasteiger partial charge in [-0.25, -0.2) is 4.39 Å². The molecule has 0 amide bonds. The molecule has 1 atom stereocenters. The summed E-state index contributed by atoms with van der Waals surface area (Å²) in [6.45, 7) is 5.30. The van der Waals surface area contributed by atoms with Crippen molar-refractivity contribution in [3.8, 4) is 5.75 Å². The molecule has 17 heavy (non-hydrogen) atoms. The third-order valence-electron chi connectivity index (χ3n) is 3.13. The van der Waals surface area contributed by atoms with Gasteiger partial charge in [-0.2, -0.15) is 0 Å². The summed E-state index contributed by atoms with van der Waals surface area (Å²) in [6.07, 6.45) is 0.833. The van der Waals surface area contributed by atoms with Gasteiger partial charge < -0.3 is 10.1 Å². The van der Waals surface area contributed by atoms with E-state index in [1.54, 1.807) is 19.2 Å². The second-order valence-electron chi connectivity index (χ2n) is 4.72. The molecular formula is C14H22FNO. The number of nitrogens with one attached hydrogen (secondary N) is 1. The maximum absolute atomic E-state index is 13.2. The molecule has 0 heterocycles. The van der Waals surface area contributed by atoms with Gasteiger partial charge >= 0.3 is 0 Å². The van der Waals surface area contributed by atoms with Gasteiger partial charge in [0.05, 0.1) is 7.11 Å². The Labute approximate surface area is 103 Å². The number of ether oxygens (including phenoxy) is 1. The molecule has 2 nitrogen and oxygen atoms in total. The predicted octanol–water partition coefficient (Wildman–Crippen LogP) is 2.87. The van der Waals surface area contributed by atoms with Gasteiger partial charge in [0.2, 0.25) is 0 Å². The quantitative estimate of drug-likeness (QED) is 0.824.